The van der Waals surface area contributed by atoms with Crippen molar-refractivity contribution in [1.29, 1.82) is 0 Å². The van der Waals surface area contributed by atoms with E-state index in [-0.39, 0.29) is 11.8 Å². The van der Waals surface area contributed by atoms with E-state index >= 15 is 0 Å². The van der Waals surface area contributed by atoms with E-state index in [1.54, 1.807) is 4.90 Å². The SMILES string of the molecule is NNc1ncc(F)c(N2CCC(O)C2)n1. The van der Waals surface area contributed by atoms with Crippen molar-refractivity contribution in [3.8, 4) is 0 Å². The molecule has 0 aromatic carbocycles. The van der Waals surface area contributed by atoms with Crippen LogP contribution in [0.2, 0.25) is 0 Å². The van der Waals surface area contributed by atoms with Gasteiger partial charge in [-0.15, -0.1) is 0 Å². The van der Waals surface area contributed by atoms with Crippen molar-refractivity contribution in [2.45, 2.75) is 12.5 Å². The maximum Gasteiger partial charge on any atom is 0.239 e. The number of rotatable bonds is 2. The zero-order valence-electron chi connectivity index (χ0n) is 8.02. The van der Waals surface area contributed by atoms with Gasteiger partial charge in [-0.3, -0.25) is 5.43 Å². The third-order valence-electron chi connectivity index (χ3n) is 2.32. The second-order valence-electron chi connectivity index (χ2n) is 3.40. The number of aromatic nitrogens is 2. The summed E-state index contributed by atoms with van der Waals surface area (Å²) in [6.45, 7) is 0.969. The minimum atomic E-state index is -0.511. The van der Waals surface area contributed by atoms with Crippen molar-refractivity contribution in [1.82, 2.24) is 9.97 Å². The molecule has 0 aliphatic carbocycles. The average molecular weight is 213 g/mol. The summed E-state index contributed by atoms with van der Waals surface area (Å²) in [4.78, 5) is 9.21. The maximum absolute atomic E-state index is 13.4. The van der Waals surface area contributed by atoms with Crippen molar-refractivity contribution in [2.24, 2.45) is 5.84 Å². The zero-order chi connectivity index (χ0) is 10.8. The number of nitrogens with one attached hydrogen (secondary N) is 1. The number of anilines is 2. The molecule has 2 heterocycles. The molecule has 7 heteroatoms. The first kappa shape index (κ1) is 10.1. The van der Waals surface area contributed by atoms with Gasteiger partial charge in [0.15, 0.2) is 11.6 Å². The summed E-state index contributed by atoms with van der Waals surface area (Å²) < 4.78 is 13.4. The van der Waals surface area contributed by atoms with E-state index in [1.165, 1.54) is 0 Å². The molecule has 0 amide bonds. The van der Waals surface area contributed by atoms with Crippen LogP contribution >= 0.6 is 0 Å². The van der Waals surface area contributed by atoms with E-state index < -0.39 is 11.9 Å². The molecule has 15 heavy (non-hydrogen) atoms. The highest BCUT2D eigenvalue weighted by Crippen LogP contribution is 2.21. The lowest BCUT2D eigenvalue weighted by atomic mass is 10.3. The molecule has 0 bridgehead atoms. The van der Waals surface area contributed by atoms with Crippen LogP contribution in [0.3, 0.4) is 0 Å². The van der Waals surface area contributed by atoms with Crippen LogP contribution in [0.25, 0.3) is 0 Å². The first-order valence-electron chi connectivity index (χ1n) is 4.63. The average Bonchev–Trinajstić information content (AvgIpc) is 2.65. The van der Waals surface area contributed by atoms with Gasteiger partial charge in [-0.05, 0) is 6.42 Å². The first-order valence-corrected chi connectivity index (χ1v) is 4.63. The largest absolute Gasteiger partial charge is 0.391 e. The van der Waals surface area contributed by atoms with Crippen LogP contribution in [-0.2, 0) is 0 Å². The van der Waals surface area contributed by atoms with E-state index in [0.29, 0.717) is 19.5 Å². The Kier molecular flexibility index (Phi) is 2.65. The summed E-state index contributed by atoms with van der Waals surface area (Å²) in [6.07, 6.45) is 1.26. The molecular weight excluding hydrogens is 201 g/mol. The van der Waals surface area contributed by atoms with Gasteiger partial charge < -0.3 is 10.0 Å². The number of hydrazine groups is 1. The van der Waals surface area contributed by atoms with Crippen molar-refractivity contribution in [3.05, 3.63) is 12.0 Å². The topological polar surface area (TPSA) is 87.3 Å². The van der Waals surface area contributed by atoms with Crippen molar-refractivity contribution >= 4 is 11.8 Å². The Morgan fingerprint density at radius 3 is 3.07 bits per heavy atom. The van der Waals surface area contributed by atoms with Gasteiger partial charge in [0.2, 0.25) is 5.95 Å². The number of nitrogens with zero attached hydrogens (tertiary/aromatic N) is 3. The molecule has 1 aliphatic rings. The summed E-state index contributed by atoms with van der Waals surface area (Å²) in [7, 11) is 0. The fourth-order valence-corrected chi connectivity index (χ4v) is 1.58. The minimum Gasteiger partial charge on any atom is -0.391 e. The van der Waals surface area contributed by atoms with Crippen LogP contribution in [0.1, 0.15) is 6.42 Å². The van der Waals surface area contributed by atoms with E-state index in [1.807, 2.05) is 0 Å². The van der Waals surface area contributed by atoms with E-state index in [9.17, 15) is 9.50 Å². The lowest BCUT2D eigenvalue weighted by Gasteiger charge is -2.17. The number of hydrogen-bond acceptors (Lipinski definition) is 6. The highest BCUT2D eigenvalue weighted by molar-refractivity contribution is 5.44. The lowest BCUT2D eigenvalue weighted by Crippen LogP contribution is -2.24. The zero-order valence-corrected chi connectivity index (χ0v) is 8.02. The molecule has 1 saturated heterocycles. The Morgan fingerprint density at radius 2 is 2.47 bits per heavy atom. The van der Waals surface area contributed by atoms with E-state index in [0.717, 1.165) is 6.20 Å². The Labute approximate surface area is 85.9 Å². The van der Waals surface area contributed by atoms with Crippen LogP contribution in [0.5, 0.6) is 0 Å². The lowest BCUT2D eigenvalue weighted by molar-refractivity contribution is 0.198. The standard InChI is InChI=1S/C8H12FN5O/c9-6-3-11-8(13-10)12-7(6)14-2-1-5(15)4-14/h3,5,15H,1-2,4,10H2,(H,11,12,13). The van der Waals surface area contributed by atoms with Crippen LogP contribution in [0, 0.1) is 5.82 Å². The molecule has 2 rings (SSSR count). The van der Waals surface area contributed by atoms with Crippen LogP contribution < -0.4 is 16.2 Å². The van der Waals surface area contributed by atoms with Crippen molar-refractivity contribution < 1.29 is 9.50 Å². The Morgan fingerprint density at radius 1 is 1.67 bits per heavy atom. The van der Waals surface area contributed by atoms with Crippen molar-refractivity contribution in [3.63, 3.8) is 0 Å². The van der Waals surface area contributed by atoms with Gasteiger partial charge in [-0.1, -0.05) is 0 Å². The fourth-order valence-electron chi connectivity index (χ4n) is 1.58. The molecule has 1 fully saturated rings. The number of aliphatic hydroxyl groups is 1. The summed E-state index contributed by atoms with van der Waals surface area (Å²) in [6, 6.07) is 0. The van der Waals surface area contributed by atoms with Gasteiger partial charge in [0.1, 0.15) is 0 Å². The van der Waals surface area contributed by atoms with Gasteiger partial charge in [-0.25, -0.2) is 15.2 Å². The Balaban J connectivity index is 2.26. The third-order valence-corrected chi connectivity index (χ3v) is 2.32. The summed E-state index contributed by atoms with van der Waals surface area (Å²) in [5.74, 6) is 4.95. The summed E-state index contributed by atoms with van der Waals surface area (Å²) in [5.41, 5.74) is 2.25. The van der Waals surface area contributed by atoms with Crippen LogP contribution in [-0.4, -0.2) is 34.3 Å². The maximum atomic E-state index is 13.4. The Bertz CT molecular complexity index is 361. The summed E-state index contributed by atoms with van der Waals surface area (Å²) >= 11 is 0. The van der Waals surface area contributed by atoms with Crippen LogP contribution in [0.15, 0.2) is 6.20 Å². The van der Waals surface area contributed by atoms with Crippen LogP contribution in [0.4, 0.5) is 16.2 Å². The molecule has 6 nitrogen and oxygen atoms in total. The Hall–Kier alpha value is -1.47. The highest BCUT2D eigenvalue weighted by atomic mass is 19.1. The molecule has 4 N–H and O–H groups in total. The predicted octanol–water partition coefficient (Wildman–Crippen LogP) is -0.528. The molecule has 1 aliphatic heterocycles. The van der Waals surface area contributed by atoms with E-state index in [2.05, 4.69) is 15.4 Å². The van der Waals surface area contributed by atoms with Gasteiger partial charge in [0.25, 0.3) is 0 Å². The third kappa shape index (κ3) is 1.97. The molecule has 0 saturated carbocycles. The summed E-state index contributed by atoms with van der Waals surface area (Å²) in [5, 5.41) is 9.33. The number of halogens is 1. The quantitative estimate of drug-likeness (QED) is 0.452. The predicted molar refractivity (Wildman–Crippen MR) is 52.6 cm³/mol. The number of nitrogen functional groups attached to an aromatic ring is 1. The number of hydrogen-bond donors (Lipinski definition) is 3. The molecule has 82 valence electrons. The number of aliphatic hydroxyl groups excluding tert-OH is 1. The molecule has 1 atom stereocenters. The highest BCUT2D eigenvalue weighted by Gasteiger charge is 2.24. The number of nitrogens with two attached hydrogens (primary N) is 1. The molecular formula is C8H12FN5O. The number of β-amino-alcohol motifs (C(OH)–C–C–N with tert-alkyl or cyclic N) is 1. The molecule has 0 radical (unpaired) electrons. The minimum absolute atomic E-state index is 0.160. The molecule has 1 unspecified atom stereocenters. The fraction of sp³-hybridized carbons (Fsp3) is 0.500. The van der Waals surface area contributed by atoms with Gasteiger partial charge in [-0.2, -0.15) is 4.98 Å². The first-order chi connectivity index (χ1) is 7.20. The molecule has 1 aromatic heterocycles. The monoisotopic (exact) mass is 213 g/mol. The van der Waals surface area contributed by atoms with E-state index in [4.69, 9.17) is 5.84 Å². The molecule has 0 spiro atoms. The van der Waals surface area contributed by atoms with Crippen molar-refractivity contribution in [2.75, 3.05) is 23.4 Å². The van der Waals surface area contributed by atoms with Gasteiger partial charge >= 0.3 is 0 Å². The molecule has 1 aromatic rings. The van der Waals surface area contributed by atoms with Gasteiger partial charge in [0.05, 0.1) is 12.3 Å². The second-order valence-corrected chi connectivity index (χ2v) is 3.40. The van der Waals surface area contributed by atoms with Gasteiger partial charge in [0, 0.05) is 13.1 Å². The second kappa shape index (κ2) is 3.95. The normalized spacial score (nSPS) is 20.7. The smallest absolute Gasteiger partial charge is 0.239 e.